The normalized spacial score (nSPS) is 14.6. The van der Waals surface area contributed by atoms with Crippen LogP contribution in [0.2, 0.25) is 0 Å². The molecule has 0 amide bonds. The molecule has 0 saturated carbocycles. The van der Waals surface area contributed by atoms with Gasteiger partial charge >= 0.3 is 7.75 Å². The second-order valence-corrected chi connectivity index (χ2v) is 7.42. The predicted molar refractivity (Wildman–Crippen MR) is 73.3 cm³/mol. The second kappa shape index (κ2) is 7.22. The van der Waals surface area contributed by atoms with Crippen LogP contribution in [0.1, 0.15) is 20.0 Å². The number of hydrogen-bond acceptors (Lipinski definition) is 5. The molecule has 1 heterocycles. The Morgan fingerprint density at radius 1 is 1.37 bits per heavy atom. The highest BCUT2D eigenvalue weighted by Gasteiger charge is 2.41. The maximum atomic E-state index is 12.4. The Labute approximate surface area is 126 Å². The van der Waals surface area contributed by atoms with Crippen LogP contribution < -0.4 is 5.09 Å². The molecule has 11 heteroatoms. The molecule has 19 heavy (non-hydrogen) atoms. The smallest absolute Gasteiger partial charge is 0.297 e. The van der Waals surface area contributed by atoms with Crippen LogP contribution >= 0.6 is 42.5 Å². The molecule has 0 fully saturated rings. The van der Waals surface area contributed by atoms with Gasteiger partial charge < -0.3 is 0 Å². The van der Waals surface area contributed by atoms with Crippen molar-refractivity contribution in [2.75, 3.05) is 13.2 Å². The van der Waals surface area contributed by atoms with E-state index in [-0.39, 0.29) is 13.2 Å². The molecule has 1 unspecified atom stereocenters. The number of aromatic nitrogens is 3. The van der Waals surface area contributed by atoms with Crippen LogP contribution in [0.3, 0.4) is 0 Å². The van der Waals surface area contributed by atoms with Gasteiger partial charge in [-0.1, -0.05) is 34.8 Å². The van der Waals surface area contributed by atoms with E-state index < -0.39 is 17.7 Å². The number of alkyl halides is 3. The van der Waals surface area contributed by atoms with Gasteiger partial charge in [0.15, 0.2) is 6.17 Å². The van der Waals surface area contributed by atoms with E-state index >= 15 is 0 Å². The van der Waals surface area contributed by atoms with Gasteiger partial charge in [0, 0.05) is 0 Å². The van der Waals surface area contributed by atoms with Crippen LogP contribution in [0.25, 0.3) is 0 Å². The van der Waals surface area contributed by atoms with Crippen molar-refractivity contribution in [3.63, 3.8) is 0 Å². The van der Waals surface area contributed by atoms with Crippen molar-refractivity contribution in [3.05, 3.63) is 12.7 Å². The summed E-state index contributed by atoms with van der Waals surface area (Å²) in [7, 11) is -3.60. The molecule has 0 saturated heterocycles. The summed E-state index contributed by atoms with van der Waals surface area (Å²) in [6.45, 7) is 3.70. The molecule has 110 valence electrons. The molecule has 0 spiro atoms. The summed E-state index contributed by atoms with van der Waals surface area (Å²) in [6.07, 6.45) is 1.53. The van der Waals surface area contributed by atoms with Crippen LogP contribution in [0.5, 0.6) is 0 Å². The summed E-state index contributed by atoms with van der Waals surface area (Å²) in [5.41, 5.74) is 0. The van der Waals surface area contributed by atoms with Crippen LogP contribution in [0.15, 0.2) is 12.7 Å². The summed E-state index contributed by atoms with van der Waals surface area (Å²) >= 11 is 17.5. The second-order valence-electron chi connectivity index (χ2n) is 3.28. The highest BCUT2D eigenvalue weighted by Crippen LogP contribution is 2.49. The molecule has 0 aliphatic heterocycles. The molecule has 0 radical (unpaired) electrons. The van der Waals surface area contributed by atoms with Gasteiger partial charge in [0.2, 0.25) is 3.79 Å². The van der Waals surface area contributed by atoms with Crippen molar-refractivity contribution in [1.82, 2.24) is 19.9 Å². The van der Waals surface area contributed by atoms with E-state index in [0.717, 1.165) is 0 Å². The summed E-state index contributed by atoms with van der Waals surface area (Å²) < 4.78 is 21.9. The highest BCUT2D eigenvalue weighted by atomic mass is 35.6. The minimum Gasteiger partial charge on any atom is -0.297 e. The van der Waals surface area contributed by atoms with Crippen molar-refractivity contribution in [1.29, 1.82) is 0 Å². The van der Waals surface area contributed by atoms with E-state index in [1.807, 2.05) is 0 Å². The van der Waals surface area contributed by atoms with Gasteiger partial charge in [-0.3, -0.25) is 9.05 Å². The van der Waals surface area contributed by atoms with Gasteiger partial charge in [0.1, 0.15) is 12.7 Å². The molecular weight excluding hydrogens is 337 g/mol. The lowest BCUT2D eigenvalue weighted by Gasteiger charge is -2.28. The monoisotopic (exact) mass is 350 g/mol. The first kappa shape index (κ1) is 17.2. The van der Waals surface area contributed by atoms with Crippen LogP contribution in [-0.4, -0.2) is 31.8 Å². The Morgan fingerprint density at radius 3 is 2.32 bits per heavy atom. The predicted octanol–water partition coefficient (Wildman–Crippen LogP) is 2.92. The average Bonchev–Trinajstić information content (AvgIpc) is 2.78. The zero-order chi connectivity index (χ0) is 14.5. The fourth-order valence-electron chi connectivity index (χ4n) is 1.23. The minimum absolute atomic E-state index is 0.175. The molecule has 0 bridgehead atoms. The maximum absolute atomic E-state index is 12.4. The fraction of sp³-hybridized carbons (Fsp3) is 0.750. The Balaban J connectivity index is 2.97. The van der Waals surface area contributed by atoms with Gasteiger partial charge in [0.05, 0.1) is 13.2 Å². The zero-order valence-corrected chi connectivity index (χ0v) is 13.5. The third-order valence-corrected chi connectivity index (χ3v) is 4.27. The molecule has 1 N–H and O–H groups in total. The van der Waals surface area contributed by atoms with Gasteiger partial charge in [-0.2, -0.15) is 10.2 Å². The molecule has 0 aliphatic carbocycles. The SMILES string of the molecule is CCOP(=O)(NC(n1cncn1)C(Cl)(Cl)Cl)OCC. The summed E-state index contributed by atoms with van der Waals surface area (Å²) in [5, 5.41) is 6.40. The lowest BCUT2D eigenvalue weighted by atomic mass is 10.6. The first-order chi connectivity index (χ1) is 8.82. The quantitative estimate of drug-likeness (QED) is 0.601. The van der Waals surface area contributed by atoms with Crippen LogP contribution in [0, 0.1) is 0 Å². The third-order valence-electron chi connectivity index (χ3n) is 1.89. The third kappa shape index (κ3) is 5.19. The molecule has 1 rings (SSSR count). The largest absolute Gasteiger partial charge is 0.407 e. The summed E-state index contributed by atoms with van der Waals surface area (Å²) in [6, 6.07) is 0. The molecule has 1 aromatic heterocycles. The van der Waals surface area contributed by atoms with Crippen molar-refractivity contribution >= 4 is 42.5 Å². The maximum Gasteiger partial charge on any atom is 0.407 e. The van der Waals surface area contributed by atoms with Gasteiger partial charge in [-0.25, -0.2) is 14.2 Å². The van der Waals surface area contributed by atoms with Crippen molar-refractivity contribution in [2.24, 2.45) is 0 Å². The number of rotatable bonds is 7. The summed E-state index contributed by atoms with van der Waals surface area (Å²) in [5.74, 6) is 0. The Kier molecular flexibility index (Phi) is 6.53. The van der Waals surface area contributed by atoms with Crippen molar-refractivity contribution in [2.45, 2.75) is 23.8 Å². The van der Waals surface area contributed by atoms with Crippen LogP contribution in [0.4, 0.5) is 0 Å². The highest BCUT2D eigenvalue weighted by molar-refractivity contribution is 7.51. The van der Waals surface area contributed by atoms with E-state index in [1.54, 1.807) is 13.8 Å². The van der Waals surface area contributed by atoms with E-state index in [2.05, 4.69) is 15.2 Å². The summed E-state index contributed by atoms with van der Waals surface area (Å²) in [4.78, 5) is 3.74. The number of halogens is 3. The molecule has 1 atom stereocenters. The van der Waals surface area contributed by atoms with Crippen LogP contribution in [-0.2, 0) is 13.6 Å². The van der Waals surface area contributed by atoms with Gasteiger partial charge in [-0.15, -0.1) is 0 Å². The first-order valence-corrected chi connectivity index (χ1v) is 8.07. The van der Waals surface area contributed by atoms with E-state index in [0.29, 0.717) is 0 Å². The molecular formula is C8H14Cl3N4O3P. The topological polar surface area (TPSA) is 78.3 Å². The molecule has 0 aromatic carbocycles. The van der Waals surface area contributed by atoms with Crippen molar-refractivity contribution in [3.8, 4) is 0 Å². The van der Waals surface area contributed by atoms with E-state index in [4.69, 9.17) is 43.9 Å². The van der Waals surface area contributed by atoms with Crippen molar-refractivity contribution < 1.29 is 13.6 Å². The first-order valence-electron chi connectivity index (χ1n) is 5.40. The molecule has 7 nitrogen and oxygen atoms in total. The van der Waals surface area contributed by atoms with E-state index in [9.17, 15) is 4.57 Å². The zero-order valence-electron chi connectivity index (χ0n) is 10.3. The number of hydrogen-bond donors (Lipinski definition) is 1. The minimum atomic E-state index is -3.60. The Hall–Kier alpha value is 0.120. The average molecular weight is 352 g/mol. The lowest BCUT2D eigenvalue weighted by Crippen LogP contribution is -2.36. The number of nitrogens with zero attached hydrogens (tertiary/aromatic N) is 3. The fourth-order valence-corrected chi connectivity index (χ4v) is 3.44. The molecule has 0 aliphatic rings. The Bertz CT molecular complexity index is 415. The van der Waals surface area contributed by atoms with E-state index in [1.165, 1.54) is 17.3 Å². The molecule has 1 aromatic rings. The Morgan fingerprint density at radius 2 is 1.95 bits per heavy atom. The lowest BCUT2D eigenvalue weighted by molar-refractivity contribution is 0.199. The number of nitrogens with one attached hydrogen (secondary N) is 1. The van der Waals surface area contributed by atoms with Gasteiger partial charge in [0.25, 0.3) is 0 Å². The van der Waals surface area contributed by atoms with Gasteiger partial charge in [-0.05, 0) is 13.8 Å². The standard InChI is InChI=1S/C8H14Cl3N4O3P/c1-3-17-19(16,18-4-2)14-7(8(9,10)11)15-6-12-5-13-15/h5-7H,3-4H2,1-2H3,(H,14,16).